The molecule has 0 fully saturated rings. The SMILES string of the molecule is CC(C)COC(=O)Oc1c2cccc(Cl)c2c(OC(=O)OCC(C)C)c2cccc(Cl)c12. The smallest absolute Gasteiger partial charge is 0.434 e. The molecule has 0 saturated carbocycles. The van der Waals surface area contributed by atoms with Gasteiger partial charge in [-0.15, -0.1) is 0 Å². The van der Waals surface area contributed by atoms with Gasteiger partial charge in [0.05, 0.1) is 23.3 Å². The lowest BCUT2D eigenvalue weighted by molar-refractivity contribution is 0.0879. The fraction of sp³-hybridized carbons (Fsp3) is 0.333. The number of carbonyl (C=O) groups excluding carboxylic acids is 2. The van der Waals surface area contributed by atoms with Gasteiger partial charge in [0.2, 0.25) is 0 Å². The molecule has 3 aromatic carbocycles. The zero-order valence-corrected chi connectivity index (χ0v) is 19.8. The van der Waals surface area contributed by atoms with E-state index in [1.54, 1.807) is 36.4 Å². The summed E-state index contributed by atoms with van der Waals surface area (Å²) in [6.07, 6.45) is -1.74. The quantitative estimate of drug-likeness (QED) is 0.206. The Kier molecular flexibility index (Phi) is 7.69. The van der Waals surface area contributed by atoms with E-state index in [0.717, 1.165) is 0 Å². The summed E-state index contributed by atoms with van der Waals surface area (Å²) in [5.74, 6) is 0.614. The van der Waals surface area contributed by atoms with Crippen molar-refractivity contribution in [3.05, 3.63) is 46.4 Å². The van der Waals surface area contributed by atoms with Crippen LogP contribution in [0.2, 0.25) is 10.0 Å². The van der Waals surface area contributed by atoms with E-state index < -0.39 is 12.3 Å². The molecule has 8 heteroatoms. The number of fused-ring (bicyclic) bond motifs is 2. The molecule has 0 aliphatic carbocycles. The van der Waals surface area contributed by atoms with Gasteiger partial charge in [-0.2, -0.15) is 0 Å². The normalized spacial score (nSPS) is 11.2. The average Bonchev–Trinajstić information content (AvgIpc) is 2.73. The van der Waals surface area contributed by atoms with Gasteiger partial charge in [0, 0.05) is 21.5 Å². The summed E-state index contributed by atoms with van der Waals surface area (Å²) in [6.45, 7) is 8.06. The number of ether oxygens (including phenoxy) is 4. The third kappa shape index (κ3) is 5.37. The van der Waals surface area contributed by atoms with Crippen LogP contribution in [0.15, 0.2) is 36.4 Å². The van der Waals surface area contributed by atoms with E-state index in [1.807, 2.05) is 27.7 Å². The first-order valence-corrected chi connectivity index (χ1v) is 11.0. The van der Waals surface area contributed by atoms with Crippen molar-refractivity contribution in [1.82, 2.24) is 0 Å². The second-order valence-electron chi connectivity index (χ2n) is 8.10. The molecule has 0 spiro atoms. The van der Waals surface area contributed by atoms with Crippen molar-refractivity contribution in [1.29, 1.82) is 0 Å². The lowest BCUT2D eigenvalue weighted by Gasteiger charge is -2.18. The number of benzene rings is 3. The van der Waals surface area contributed by atoms with Gasteiger partial charge in [0.1, 0.15) is 0 Å². The molecule has 0 saturated heterocycles. The summed E-state index contributed by atoms with van der Waals surface area (Å²) in [5.41, 5.74) is 0. The molecule has 6 nitrogen and oxygen atoms in total. The van der Waals surface area contributed by atoms with Crippen molar-refractivity contribution in [2.75, 3.05) is 13.2 Å². The van der Waals surface area contributed by atoms with E-state index in [1.165, 1.54) is 0 Å². The van der Waals surface area contributed by atoms with E-state index in [9.17, 15) is 9.59 Å². The average molecular weight is 479 g/mol. The van der Waals surface area contributed by atoms with E-state index >= 15 is 0 Å². The van der Waals surface area contributed by atoms with E-state index in [2.05, 4.69) is 0 Å². The van der Waals surface area contributed by atoms with Gasteiger partial charge in [-0.05, 0) is 24.0 Å². The minimum absolute atomic E-state index is 0.140. The first kappa shape index (κ1) is 24.0. The van der Waals surface area contributed by atoms with Gasteiger partial charge < -0.3 is 18.9 Å². The van der Waals surface area contributed by atoms with Crippen LogP contribution in [0.1, 0.15) is 27.7 Å². The monoisotopic (exact) mass is 478 g/mol. The standard InChI is InChI=1S/C24H24Cl2O6/c1-13(2)11-29-23(27)31-21-15-7-5-10-18(26)20(15)22(32-24(28)30-12-14(3)4)16-8-6-9-17(25)19(16)21/h5-10,13-14H,11-12H2,1-4H3. The highest BCUT2D eigenvalue weighted by atomic mass is 35.5. The number of carbonyl (C=O) groups is 2. The molecular formula is C24H24Cl2O6. The van der Waals surface area contributed by atoms with Crippen LogP contribution in [0.4, 0.5) is 9.59 Å². The van der Waals surface area contributed by atoms with Crippen LogP contribution in [0.3, 0.4) is 0 Å². The largest absolute Gasteiger partial charge is 0.513 e. The third-order valence-corrected chi connectivity index (χ3v) is 5.04. The molecule has 3 rings (SSSR count). The Morgan fingerprint density at radius 3 is 1.44 bits per heavy atom. The van der Waals surface area contributed by atoms with Gasteiger partial charge >= 0.3 is 12.3 Å². The third-order valence-electron chi connectivity index (χ3n) is 4.41. The van der Waals surface area contributed by atoms with Crippen LogP contribution in [-0.2, 0) is 9.47 Å². The molecule has 0 unspecified atom stereocenters. The molecule has 0 N–H and O–H groups in total. The molecule has 0 heterocycles. The van der Waals surface area contributed by atoms with Crippen LogP contribution < -0.4 is 9.47 Å². The number of halogens is 2. The van der Waals surface area contributed by atoms with Crippen LogP contribution in [0.25, 0.3) is 21.5 Å². The van der Waals surface area contributed by atoms with Crippen LogP contribution >= 0.6 is 23.2 Å². The lowest BCUT2D eigenvalue weighted by Crippen LogP contribution is -2.16. The molecule has 0 atom stereocenters. The fourth-order valence-corrected chi connectivity index (χ4v) is 3.59. The fourth-order valence-electron chi connectivity index (χ4n) is 3.06. The molecule has 170 valence electrons. The second-order valence-corrected chi connectivity index (χ2v) is 8.91. The number of rotatable bonds is 6. The summed E-state index contributed by atoms with van der Waals surface area (Å²) in [7, 11) is 0. The van der Waals surface area contributed by atoms with Crippen molar-refractivity contribution in [3.8, 4) is 11.5 Å². The minimum atomic E-state index is -0.869. The molecule has 0 amide bonds. The summed E-state index contributed by atoms with van der Waals surface area (Å²) in [6, 6.07) is 10.1. The first-order chi connectivity index (χ1) is 15.2. The number of hydrogen-bond donors (Lipinski definition) is 0. The Hall–Kier alpha value is -2.70. The molecule has 0 radical (unpaired) electrons. The molecule has 3 aromatic rings. The van der Waals surface area contributed by atoms with E-state index in [0.29, 0.717) is 31.6 Å². The molecule has 0 aliphatic rings. The summed E-state index contributed by atoms with van der Waals surface area (Å²) < 4.78 is 21.5. The predicted octanol–water partition coefficient (Wildman–Crippen LogP) is 7.64. The lowest BCUT2D eigenvalue weighted by atomic mass is 10.0. The maximum atomic E-state index is 12.4. The summed E-state index contributed by atoms with van der Waals surface area (Å²) in [4.78, 5) is 24.8. The predicted molar refractivity (Wildman–Crippen MR) is 125 cm³/mol. The van der Waals surface area contributed by atoms with Crippen molar-refractivity contribution >= 4 is 57.1 Å². The first-order valence-electron chi connectivity index (χ1n) is 10.2. The van der Waals surface area contributed by atoms with Crippen molar-refractivity contribution in [3.63, 3.8) is 0 Å². The Labute approximate surface area is 196 Å². The summed E-state index contributed by atoms with van der Waals surface area (Å²) in [5, 5.41) is 2.25. The molecular weight excluding hydrogens is 455 g/mol. The Morgan fingerprint density at radius 2 is 1.09 bits per heavy atom. The molecule has 0 bridgehead atoms. The zero-order chi connectivity index (χ0) is 23.4. The van der Waals surface area contributed by atoms with Crippen molar-refractivity contribution in [2.45, 2.75) is 27.7 Å². The zero-order valence-electron chi connectivity index (χ0n) is 18.2. The van der Waals surface area contributed by atoms with Gasteiger partial charge in [0.15, 0.2) is 11.5 Å². The van der Waals surface area contributed by atoms with Crippen LogP contribution in [0.5, 0.6) is 11.5 Å². The Balaban J connectivity index is 2.19. The highest BCUT2D eigenvalue weighted by Crippen LogP contribution is 2.47. The van der Waals surface area contributed by atoms with Crippen molar-refractivity contribution in [2.24, 2.45) is 11.8 Å². The van der Waals surface area contributed by atoms with E-state index in [-0.39, 0.29) is 36.5 Å². The maximum Gasteiger partial charge on any atom is 0.513 e. The van der Waals surface area contributed by atoms with Gasteiger partial charge in [-0.1, -0.05) is 75.2 Å². The van der Waals surface area contributed by atoms with Crippen LogP contribution in [0, 0.1) is 11.8 Å². The van der Waals surface area contributed by atoms with Crippen molar-refractivity contribution < 1.29 is 28.5 Å². The topological polar surface area (TPSA) is 71.1 Å². The highest BCUT2D eigenvalue weighted by Gasteiger charge is 2.24. The van der Waals surface area contributed by atoms with Crippen LogP contribution in [-0.4, -0.2) is 25.5 Å². The molecule has 0 aliphatic heterocycles. The molecule has 32 heavy (non-hydrogen) atoms. The van der Waals surface area contributed by atoms with Gasteiger partial charge in [-0.25, -0.2) is 9.59 Å². The van der Waals surface area contributed by atoms with Gasteiger partial charge in [0.25, 0.3) is 0 Å². The van der Waals surface area contributed by atoms with Gasteiger partial charge in [-0.3, -0.25) is 0 Å². The molecule has 0 aromatic heterocycles. The Morgan fingerprint density at radius 1 is 0.719 bits per heavy atom. The summed E-state index contributed by atoms with van der Waals surface area (Å²) >= 11 is 13.0. The highest BCUT2D eigenvalue weighted by molar-refractivity contribution is 6.40. The minimum Gasteiger partial charge on any atom is -0.434 e. The maximum absolute atomic E-state index is 12.4. The second kappa shape index (κ2) is 10.3. The Bertz CT molecular complexity index is 1060. The number of hydrogen-bond acceptors (Lipinski definition) is 6. The van der Waals surface area contributed by atoms with E-state index in [4.69, 9.17) is 42.1 Å².